The molecule has 10 heteroatoms. The van der Waals surface area contributed by atoms with Gasteiger partial charge in [-0.1, -0.05) is 0 Å². The number of hydrogen-bond donors (Lipinski definition) is 0. The smallest absolute Gasteiger partial charge is 0.200 e. The molecule has 0 saturated carbocycles. The number of benzene rings is 2. The van der Waals surface area contributed by atoms with Crippen molar-refractivity contribution in [3.8, 4) is 34.5 Å². The zero-order valence-corrected chi connectivity index (χ0v) is 20.9. The maximum absolute atomic E-state index is 13.5. The molecule has 0 bridgehead atoms. The van der Waals surface area contributed by atoms with Gasteiger partial charge in [0.15, 0.2) is 5.78 Å². The van der Waals surface area contributed by atoms with E-state index >= 15 is 0 Å². The van der Waals surface area contributed by atoms with Gasteiger partial charge in [-0.05, 0) is 13.0 Å². The van der Waals surface area contributed by atoms with Crippen LogP contribution in [0.3, 0.4) is 0 Å². The van der Waals surface area contributed by atoms with Crippen LogP contribution in [0.2, 0.25) is 0 Å². The van der Waals surface area contributed by atoms with E-state index in [0.717, 1.165) is 11.5 Å². The molecule has 0 N–H and O–H groups in total. The highest BCUT2D eigenvalue weighted by molar-refractivity contribution is 8.03. The first-order valence-electron chi connectivity index (χ1n) is 9.91. The zero-order valence-electron chi connectivity index (χ0n) is 20.1. The van der Waals surface area contributed by atoms with Gasteiger partial charge in [-0.3, -0.25) is 4.79 Å². The molecule has 2 rings (SSSR count). The van der Waals surface area contributed by atoms with E-state index in [0.29, 0.717) is 28.6 Å². The monoisotopic (exact) mass is 492 g/mol. The number of sulfone groups is 1. The molecule has 2 aromatic carbocycles. The van der Waals surface area contributed by atoms with E-state index in [9.17, 15) is 13.2 Å². The molecule has 2 aromatic rings. The Morgan fingerprint density at radius 1 is 0.706 bits per heavy atom. The third-order valence-electron chi connectivity index (χ3n) is 4.77. The maximum Gasteiger partial charge on any atom is 0.200 e. The van der Waals surface area contributed by atoms with Gasteiger partial charge in [-0.25, -0.2) is 8.42 Å². The molecule has 0 aliphatic heterocycles. The molecule has 0 fully saturated rings. The van der Waals surface area contributed by atoms with Crippen LogP contribution in [0.1, 0.15) is 18.1 Å². The van der Waals surface area contributed by atoms with Gasteiger partial charge in [0.1, 0.15) is 34.5 Å². The Morgan fingerprint density at radius 3 is 1.47 bits per heavy atom. The number of allylic oxidation sites excluding steroid dienone is 1. The Balaban J connectivity index is 2.75. The van der Waals surface area contributed by atoms with Crippen molar-refractivity contribution in [1.82, 2.24) is 0 Å². The number of methoxy groups -OCH3 is 6. The summed E-state index contributed by atoms with van der Waals surface area (Å²) in [6, 6.07) is 6.19. The number of carbonyl (C=O) groups is 1. The highest BCUT2D eigenvalue weighted by atomic mass is 32.2. The van der Waals surface area contributed by atoms with Crippen molar-refractivity contribution in [1.29, 1.82) is 0 Å². The molecule has 0 aliphatic rings. The van der Waals surface area contributed by atoms with Gasteiger partial charge in [0.25, 0.3) is 0 Å². The summed E-state index contributed by atoms with van der Waals surface area (Å²) in [5.74, 6) is 1.35. The molecule has 184 valence electrons. The third-order valence-corrected chi connectivity index (χ3v) is 6.20. The van der Waals surface area contributed by atoms with Gasteiger partial charge in [0.2, 0.25) is 9.84 Å². The van der Waals surface area contributed by atoms with Crippen molar-refractivity contribution in [2.45, 2.75) is 6.92 Å². The molecule has 0 saturated heterocycles. The lowest BCUT2D eigenvalue weighted by Gasteiger charge is -2.17. The van der Waals surface area contributed by atoms with Crippen molar-refractivity contribution in [2.24, 2.45) is 0 Å². The van der Waals surface area contributed by atoms with Crippen molar-refractivity contribution >= 4 is 26.6 Å². The lowest BCUT2D eigenvalue weighted by atomic mass is 10.1. The number of rotatable bonds is 11. The molecule has 0 amide bonds. The predicted molar refractivity (Wildman–Crippen MR) is 129 cm³/mol. The lowest BCUT2D eigenvalue weighted by Crippen LogP contribution is -2.06. The van der Waals surface area contributed by atoms with Gasteiger partial charge in [-0.15, -0.1) is 0 Å². The van der Waals surface area contributed by atoms with E-state index in [4.69, 9.17) is 28.4 Å². The first kappa shape index (κ1) is 26.6. The van der Waals surface area contributed by atoms with Gasteiger partial charge < -0.3 is 28.4 Å². The van der Waals surface area contributed by atoms with Gasteiger partial charge in [0, 0.05) is 35.7 Å². The molecule has 0 spiro atoms. The maximum atomic E-state index is 13.5. The van der Waals surface area contributed by atoms with Crippen molar-refractivity contribution in [3.05, 3.63) is 46.9 Å². The van der Waals surface area contributed by atoms with Crippen molar-refractivity contribution < 1.29 is 41.6 Å². The van der Waals surface area contributed by atoms with Crippen LogP contribution in [-0.4, -0.2) is 56.9 Å². The fourth-order valence-electron chi connectivity index (χ4n) is 3.16. The first-order valence-corrected chi connectivity index (χ1v) is 11.5. The van der Waals surface area contributed by atoms with Crippen LogP contribution in [0.25, 0.3) is 11.0 Å². The summed E-state index contributed by atoms with van der Waals surface area (Å²) in [4.78, 5) is 11.7. The average molecular weight is 493 g/mol. The second-order valence-electron chi connectivity index (χ2n) is 6.82. The first-order chi connectivity index (χ1) is 16.1. The Hall–Kier alpha value is -3.66. The lowest BCUT2D eigenvalue weighted by molar-refractivity contribution is -0.112. The Kier molecular flexibility index (Phi) is 8.97. The van der Waals surface area contributed by atoms with Crippen LogP contribution < -0.4 is 28.4 Å². The number of ketones is 1. The highest BCUT2D eigenvalue weighted by Crippen LogP contribution is 2.42. The molecular weight excluding hydrogens is 464 g/mol. The van der Waals surface area contributed by atoms with Gasteiger partial charge in [0.05, 0.1) is 58.7 Å². The summed E-state index contributed by atoms with van der Waals surface area (Å²) >= 11 is 0. The van der Waals surface area contributed by atoms with Gasteiger partial charge >= 0.3 is 0 Å². The highest BCUT2D eigenvalue weighted by Gasteiger charge is 2.26. The van der Waals surface area contributed by atoms with E-state index in [-0.39, 0.29) is 22.0 Å². The minimum absolute atomic E-state index is 0.0827. The molecule has 0 radical (unpaired) electrons. The number of ether oxygens (including phenoxy) is 6. The zero-order chi connectivity index (χ0) is 25.5. The second kappa shape index (κ2) is 11.5. The molecule has 0 unspecified atom stereocenters. The molecular formula is C24H28O9S. The summed E-state index contributed by atoms with van der Waals surface area (Å²) in [6.45, 7) is 1.25. The second-order valence-corrected chi connectivity index (χ2v) is 8.62. The summed E-state index contributed by atoms with van der Waals surface area (Å²) in [7, 11) is 4.36. The SMILES string of the molecule is COc1cc(OC)c(C=CS(=O)(=O)/C(=C/C(C)=O)c2c(OC)cc(OC)cc2OC)c(OC)c1. The Morgan fingerprint density at radius 2 is 1.12 bits per heavy atom. The summed E-state index contributed by atoms with van der Waals surface area (Å²) in [6.07, 6.45) is 2.33. The number of hydrogen-bond acceptors (Lipinski definition) is 9. The summed E-state index contributed by atoms with van der Waals surface area (Å²) in [5.41, 5.74) is 0.449. The molecule has 0 atom stereocenters. The Labute approximate surface area is 199 Å². The van der Waals surface area contributed by atoms with Crippen LogP contribution in [0.5, 0.6) is 34.5 Å². The normalized spacial score (nSPS) is 11.8. The minimum atomic E-state index is -4.20. The largest absolute Gasteiger partial charge is 0.496 e. The van der Waals surface area contributed by atoms with E-state index in [1.54, 1.807) is 12.1 Å². The van der Waals surface area contributed by atoms with Gasteiger partial charge in [-0.2, -0.15) is 0 Å². The number of carbonyl (C=O) groups excluding carboxylic acids is 1. The van der Waals surface area contributed by atoms with Crippen LogP contribution in [0.15, 0.2) is 35.7 Å². The predicted octanol–water partition coefficient (Wildman–Crippen LogP) is 3.75. The molecule has 34 heavy (non-hydrogen) atoms. The fourth-order valence-corrected chi connectivity index (χ4v) is 4.44. The van der Waals surface area contributed by atoms with Crippen LogP contribution in [0, 0.1) is 0 Å². The third kappa shape index (κ3) is 5.82. The molecule has 9 nitrogen and oxygen atoms in total. The van der Waals surface area contributed by atoms with Crippen molar-refractivity contribution in [3.63, 3.8) is 0 Å². The minimum Gasteiger partial charge on any atom is -0.496 e. The van der Waals surface area contributed by atoms with E-state index < -0.39 is 15.6 Å². The average Bonchev–Trinajstić information content (AvgIpc) is 2.84. The summed E-state index contributed by atoms with van der Waals surface area (Å²) < 4.78 is 59.0. The molecule has 0 aromatic heterocycles. The van der Waals surface area contributed by atoms with Crippen LogP contribution in [-0.2, 0) is 14.6 Å². The van der Waals surface area contributed by atoms with Crippen molar-refractivity contribution in [2.75, 3.05) is 42.7 Å². The quantitative estimate of drug-likeness (QED) is 0.434. The topological polar surface area (TPSA) is 107 Å². The van der Waals surface area contributed by atoms with E-state index in [1.165, 1.54) is 67.8 Å². The van der Waals surface area contributed by atoms with Crippen LogP contribution >= 0.6 is 0 Å². The summed E-state index contributed by atoms with van der Waals surface area (Å²) in [5, 5.41) is 0.956. The molecule has 0 heterocycles. The molecule has 0 aliphatic carbocycles. The van der Waals surface area contributed by atoms with E-state index in [1.807, 2.05) is 0 Å². The fraction of sp³-hybridized carbons (Fsp3) is 0.292. The standard InChI is InChI=1S/C24H28O9S/c1-15(25)10-23(24-21(32-6)13-17(29-3)14-22(24)33-7)34(26,27)9-8-18-19(30-4)11-16(28-2)12-20(18)31-5/h8-14H,1-7H3/b9-8?,23-10+. The van der Waals surface area contributed by atoms with Crippen LogP contribution in [0.4, 0.5) is 0 Å². The van der Waals surface area contributed by atoms with E-state index in [2.05, 4.69) is 0 Å². The Bertz CT molecular complexity index is 1160.